The number of pyridine rings is 2. The summed E-state index contributed by atoms with van der Waals surface area (Å²) < 4.78 is 45.7. The Hall–Kier alpha value is -3.10. The van der Waals surface area contributed by atoms with Gasteiger partial charge in [0.05, 0.1) is 11.6 Å². The van der Waals surface area contributed by atoms with Gasteiger partial charge in [0.1, 0.15) is 6.61 Å². The maximum atomic E-state index is 13.3. The van der Waals surface area contributed by atoms with Crippen LogP contribution < -0.4 is 15.6 Å². The van der Waals surface area contributed by atoms with Gasteiger partial charge in [0.15, 0.2) is 0 Å². The minimum atomic E-state index is -4.62. The van der Waals surface area contributed by atoms with Crippen molar-refractivity contribution in [1.82, 2.24) is 15.3 Å². The van der Waals surface area contributed by atoms with Crippen LogP contribution in [0.3, 0.4) is 0 Å². The third-order valence-corrected chi connectivity index (χ3v) is 4.56. The molecule has 4 rings (SSSR count). The van der Waals surface area contributed by atoms with Gasteiger partial charge in [-0.2, -0.15) is 13.2 Å². The molecule has 1 saturated heterocycles. The fourth-order valence-corrected chi connectivity index (χ4v) is 3.23. The van der Waals surface area contributed by atoms with Crippen LogP contribution in [0.15, 0.2) is 35.4 Å². The smallest absolute Gasteiger partial charge is 0.418 e. The second kappa shape index (κ2) is 6.26. The minimum Gasteiger partial charge on any atom is -0.475 e. The standard InChI is InChI=1S/C18H14F3N3O3/c19-18(20,21)14-7-23-16(26)13-5-9-3-4-22-17(11(9)6-12(13)14)27-8-10-1-2-15(25)24-10/h3-7,10H,1-2,8H2,(H,23,26)(H,24,25)/t10-/m0/s1. The number of ether oxygens (including phenoxy) is 1. The first-order valence-corrected chi connectivity index (χ1v) is 8.26. The van der Waals surface area contributed by atoms with Crippen molar-refractivity contribution in [2.75, 3.05) is 6.61 Å². The molecule has 3 aromatic rings. The molecule has 0 radical (unpaired) electrons. The zero-order valence-corrected chi connectivity index (χ0v) is 13.9. The van der Waals surface area contributed by atoms with E-state index in [1.165, 1.54) is 18.3 Å². The lowest BCUT2D eigenvalue weighted by atomic mass is 10.0. The van der Waals surface area contributed by atoms with Crippen molar-refractivity contribution in [3.63, 3.8) is 0 Å². The molecule has 1 fully saturated rings. The van der Waals surface area contributed by atoms with E-state index in [9.17, 15) is 22.8 Å². The summed E-state index contributed by atoms with van der Waals surface area (Å²) in [6, 6.07) is 4.10. The van der Waals surface area contributed by atoms with Gasteiger partial charge >= 0.3 is 6.18 Å². The van der Waals surface area contributed by atoms with Crippen molar-refractivity contribution in [3.8, 4) is 5.88 Å². The van der Waals surface area contributed by atoms with Crippen LogP contribution in [0.5, 0.6) is 5.88 Å². The van der Waals surface area contributed by atoms with Gasteiger partial charge in [-0.3, -0.25) is 9.59 Å². The molecule has 3 heterocycles. The number of carbonyl (C=O) groups excluding carboxylic acids is 1. The largest absolute Gasteiger partial charge is 0.475 e. The monoisotopic (exact) mass is 377 g/mol. The van der Waals surface area contributed by atoms with Crippen LogP contribution in [-0.2, 0) is 11.0 Å². The Bertz CT molecular complexity index is 1110. The van der Waals surface area contributed by atoms with Gasteiger partial charge in [-0.15, -0.1) is 0 Å². The van der Waals surface area contributed by atoms with Gasteiger partial charge < -0.3 is 15.0 Å². The SMILES string of the molecule is O=C1CC[C@@H](COc2nccc3cc4c(=O)[nH]cc(C(F)(F)F)c4cc23)N1. The molecule has 1 amide bonds. The first kappa shape index (κ1) is 17.3. The fraction of sp³-hybridized carbons (Fsp3) is 0.278. The van der Waals surface area contributed by atoms with Gasteiger partial charge in [0.2, 0.25) is 11.8 Å². The van der Waals surface area contributed by atoms with E-state index in [1.807, 2.05) is 0 Å². The summed E-state index contributed by atoms with van der Waals surface area (Å²) >= 11 is 0. The first-order valence-electron chi connectivity index (χ1n) is 8.26. The molecule has 1 atom stereocenters. The number of nitrogens with one attached hydrogen (secondary N) is 2. The molecular formula is C18H14F3N3O3. The predicted molar refractivity (Wildman–Crippen MR) is 91.5 cm³/mol. The maximum absolute atomic E-state index is 13.3. The number of benzene rings is 1. The van der Waals surface area contributed by atoms with Crippen LogP contribution in [-0.4, -0.2) is 28.5 Å². The van der Waals surface area contributed by atoms with Gasteiger partial charge in [-0.25, -0.2) is 4.98 Å². The van der Waals surface area contributed by atoms with Crippen molar-refractivity contribution in [2.45, 2.75) is 25.1 Å². The normalized spacial score (nSPS) is 17.4. The minimum absolute atomic E-state index is 0.0578. The number of alkyl halides is 3. The van der Waals surface area contributed by atoms with Crippen molar-refractivity contribution in [3.05, 3.63) is 46.5 Å². The number of H-pyrrole nitrogens is 1. The number of hydrogen-bond donors (Lipinski definition) is 2. The van der Waals surface area contributed by atoms with Crippen molar-refractivity contribution >= 4 is 27.5 Å². The average molecular weight is 377 g/mol. The Morgan fingerprint density at radius 3 is 2.70 bits per heavy atom. The van der Waals surface area contributed by atoms with Gasteiger partial charge in [-0.1, -0.05) is 0 Å². The molecular weight excluding hydrogens is 363 g/mol. The van der Waals surface area contributed by atoms with E-state index >= 15 is 0 Å². The van der Waals surface area contributed by atoms with Crippen LogP contribution in [0.25, 0.3) is 21.5 Å². The molecule has 2 aromatic heterocycles. The third kappa shape index (κ3) is 3.20. The Balaban J connectivity index is 1.81. The predicted octanol–water partition coefficient (Wildman–Crippen LogP) is 2.75. The van der Waals surface area contributed by atoms with Crippen LogP contribution in [0.4, 0.5) is 13.2 Å². The van der Waals surface area contributed by atoms with Gasteiger partial charge in [0, 0.05) is 35.0 Å². The summed E-state index contributed by atoms with van der Waals surface area (Å²) in [6.07, 6.45) is -1.45. The molecule has 140 valence electrons. The summed E-state index contributed by atoms with van der Waals surface area (Å²) in [5.41, 5.74) is -1.54. The third-order valence-electron chi connectivity index (χ3n) is 4.56. The zero-order chi connectivity index (χ0) is 19.2. The highest BCUT2D eigenvalue weighted by Crippen LogP contribution is 2.36. The maximum Gasteiger partial charge on any atom is 0.418 e. The number of halogens is 3. The van der Waals surface area contributed by atoms with Gasteiger partial charge in [-0.05, 0) is 30.0 Å². The van der Waals surface area contributed by atoms with E-state index in [2.05, 4.69) is 15.3 Å². The van der Waals surface area contributed by atoms with E-state index in [0.29, 0.717) is 29.8 Å². The highest BCUT2D eigenvalue weighted by atomic mass is 19.4. The molecule has 6 nitrogen and oxygen atoms in total. The van der Waals surface area contributed by atoms with E-state index in [4.69, 9.17) is 4.74 Å². The summed E-state index contributed by atoms with van der Waals surface area (Å²) in [6.45, 7) is 0.164. The highest BCUT2D eigenvalue weighted by molar-refractivity contribution is 6.01. The Kier molecular flexibility index (Phi) is 4.01. The molecule has 1 aliphatic rings. The lowest BCUT2D eigenvalue weighted by Gasteiger charge is -2.14. The number of hydrogen-bond acceptors (Lipinski definition) is 4. The van der Waals surface area contributed by atoms with Crippen LogP contribution in [0, 0.1) is 0 Å². The molecule has 0 aliphatic carbocycles. The number of aromatic amines is 1. The molecule has 0 spiro atoms. The number of nitrogens with zero attached hydrogens (tertiary/aromatic N) is 1. The molecule has 1 aromatic carbocycles. The number of carbonyl (C=O) groups is 1. The quantitative estimate of drug-likeness (QED) is 0.688. The topological polar surface area (TPSA) is 84.1 Å². The number of aromatic nitrogens is 2. The summed E-state index contributed by atoms with van der Waals surface area (Å²) in [5, 5.41) is 3.38. The molecule has 0 bridgehead atoms. The second-order valence-electron chi connectivity index (χ2n) is 6.38. The zero-order valence-electron chi connectivity index (χ0n) is 13.9. The number of amides is 1. The number of fused-ring (bicyclic) bond motifs is 2. The molecule has 9 heteroatoms. The van der Waals surface area contributed by atoms with Crippen molar-refractivity contribution < 1.29 is 22.7 Å². The molecule has 0 saturated carbocycles. The van der Waals surface area contributed by atoms with Crippen molar-refractivity contribution in [2.24, 2.45) is 0 Å². The molecule has 0 unspecified atom stereocenters. The molecule has 2 N–H and O–H groups in total. The van der Waals surface area contributed by atoms with E-state index in [-0.39, 0.29) is 35.2 Å². The van der Waals surface area contributed by atoms with Crippen LogP contribution in [0.2, 0.25) is 0 Å². The average Bonchev–Trinajstić information content (AvgIpc) is 3.03. The van der Waals surface area contributed by atoms with Crippen LogP contribution >= 0.6 is 0 Å². The van der Waals surface area contributed by atoms with E-state index < -0.39 is 17.3 Å². The Morgan fingerprint density at radius 1 is 1.19 bits per heavy atom. The van der Waals surface area contributed by atoms with E-state index in [0.717, 1.165) is 0 Å². The summed E-state index contributed by atoms with van der Waals surface area (Å²) in [5.74, 6) is 0.0958. The number of rotatable bonds is 3. The van der Waals surface area contributed by atoms with E-state index in [1.54, 1.807) is 6.07 Å². The first-order chi connectivity index (χ1) is 12.8. The summed E-state index contributed by atoms with van der Waals surface area (Å²) in [4.78, 5) is 29.5. The second-order valence-corrected chi connectivity index (χ2v) is 6.38. The van der Waals surface area contributed by atoms with Crippen LogP contribution in [0.1, 0.15) is 18.4 Å². The fourth-order valence-electron chi connectivity index (χ4n) is 3.23. The summed E-state index contributed by atoms with van der Waals surface area (Å²) in [7, 11) is 0. The van der Waals surface area contributed by atoms with Gasteiger partial charge in [0.25, 0.3) is 5.56 Å². The molecule has 27 heavy (non-hydrogen) atoms. The lowest BCUT2D eigenvalue weighted by Crippen LogP contribution is -2.31. The lowest BCUT2D eigenvalue weighted by molar-refractivity contribution is -0.136. The highest BCUT2D eigenvalue weighted by Gasteiger charge is 2.33. The Morgan fingerprint density at radius 2 is 2.00 bits per heavy atom. The molecule has 1 aliphatic heterocycles. The van der Waals surface area contributed by atoms with Crippen molar-refractivity contribution in [1.29, 1.82) is 0 Å². The Labute approximate surface area is 150 Å².